The Bertz CT molecular complexity index is 1230. The lowest BCUT2D eigenvalue weighted by Gasteiger charge is -2.34. The molecule has 1 aromatic carbocycles. The van der Waals surface area contributed by atoms with Gasteiger partial charge in [0.15, 0.2) is 0 Å². The average molecular weight is 444 g/mol. The van der Waals surface area contributed by atoms with Crippen LogP contribution >= 0.6 is 0 Å². The van der Waals surface area contributed by atoms with E-state index >= 15 is 0 Å². The molecule has 1 fully saturated rings. The molecule has 4 N–H and O–H groups in total. The summed E-state index contributed by atoms with van der Waals surface area (Å²) in [5, 5.41) is 15.1. The van der Waals surface area contributed by atoms with Crippen molar-refractivity contribution in [2.45, 2.75) is 49.8 Å². The van der Waals surface area contributed by atoms with Crippen molar-refractivity contribution < 1.29 is 18.1 Å². The number of hydrogen-bond acceptors (Lipinski definition) is 6. The van der Waals surface area contributed by atoms with Crippen LogP contribution in [0.4, 0.5) is 5.82 Å². The molecule has 5 rings (SSSR count). The number of rotatable bonds is 6. The van der Waals surface area contributed by atoms with Crippen LogP contribution in [0.15, 0.2) is 42.9 Å². The van der Waals surface area contributed by atoms with Crippen molar-refractivity contribution in [2.75, 3.05) is 11.9 Å². The number of anilines is 1. The lowest BCUT2D eigenvalue weighted by Crippen LogP contribution is -2.49. The molecular formula is C21H25N5O4S. The quantitative estimate of drug-likeness (QED) is 0.430. The summed E-state index contributed by atoms with van der Waals surface area (Å²) in [6.07, 6.45) is 6.35. The number of aromatic nitrogens is 3. The molecule has 9 nitrogen and oxygen atoms in total. The first kappa shape index (κ1) is 20.4. The molecule has 1 saturated carbocycles. The molecule has 0 saturated heterocycles. The number of fused-ring (bicyclic) bond motifs is 2. The Balaban J connectivity index is 1.52. The summed E-state index contributed by atoms with van der Waals surface area (Å²) >= 11 is 0. The van der Waals surface area contributed by atoms with Gasteiger partial charge in [0.1, 0.15) is 17.8 Å². The summed E-state index contributed by atoms with van der Waals surface area (Å²) in [7, 11) is -4.39. The second kappa shape index (κ2) is 7.56. The Labute approximate surface area is 180 Å². The van der Waals surface area contributed by atoms with Gasteiger partial charge in [0.2, 0.25) is 0 Å². The van der Waals surface area contributed by atoms with Gasteiger partial charge < -0.3 is 15.0 Å². The minimum absolute atomic E-state index is 0.125. The third-order valence-electron chi connectivity index (χ3n) is 6.67. The summed E-state index contributed by atoms with van der Waals surface area (Å²) in [5.74, 6) is 0.704. The number of hydrogen-bond donors (Lipinski definition) is 4. The predicted molar refractivity (Wildman–Crippen MR) is 116 cm³/mol. The van der Waals surface area contributed by atoms with Crippen LogP contribution in [0.1, 0.15) is 42.9 Å². The number of aryl methyl sites for hydroxylation is 1. The van der Waals surface area contributed by atoms with E-state index in [1.807, 2.05) is 22.9 Å². The van der Waals surface area contributed by atoms with Gasteiger partial charge in [0.05, 0.1) is 23.1 Å². The second-order valence-corrected chi connectivity index (χ2v) is 9.63. The van der Waals surface area contributed by atoms with Gasteiger partial charge in [-0.25, -0.2) is 9.97 Å². The van der Waals surface area contributed by atoms with Crippen LogP contribution in [0.5, 0.6) is 0 Å². The van der Waals surface area contributed by atoms with Gasteiger partial charge >= 0.3 is 10.3 Å². The Morgan fingerprint density at radius 2 is 2.03 bits per heavy atom. The Hall–Kier alpha value is -2.53. The van der Waals surface area contributed by atoms with Crippen molar-refractivity contribution in [3.63, 3.8) is 0 Å². The minimum atomic E-state index is -4.39. The van der Waals surface area contributed by atoms with Gasteiger partial charge in [0, 0.05) is 12.7 Å². The van der Waals surface area contributed by atoms with Crippen molar-refractivity contribution >= 4 is 27.2 Å². The molecule has 0 spiro atoms. The van der Waals surface area contributed by atoms with Crippen LogP contribution in [0.25, 0.3) is 11.0 Å². The van der Waals surface area contributed by atoms with Gasteiger partial charge in [-0.15, -0.1) is 0 Å². The number of aliphatic hydroxyl groups is 1. The van der Waals surface area contributed by atoms with Crippen LogP contribution < -0.4 is 10.0 Å². The fourth-order valence-electron chi connectivity index (χ4n) is 5.12. The molecule has 10 heteroatoms. The van der Waals surface area contributed by atoms with Crippen LogP contribution in [-0.4, -0.2) is 45.3 Å². The molecule has 0 amide bonds. The lowest BCUT2D eigenvalue weighted by molar-refractivity contribution is 0.0658. The molecule has 164 valence electrons. The van der Waals surface area contributed by atoms with E-state index in [0.29, 0.717) is 24.3 Å². The molecule has 2 heterocycles. The van der Waals surface area contributed by atoms with E-state index in [4.69, 9.17) is 0 Å². The minimum Gasteiger partial charge on any atom is -0.391 e. The van der Waals surface area contributed by atoms with Crippen molar-refractivity contribution in [1.82, 2.24) is 19.3 Å². The van der Waals surface area contributed by atoms with E-state index in [2.05, 4.69) is 38.2 Å². The summed E-state index contributed by atoms with van der Waals surface area (Å²) < 4.78 is 35.9. The summed E-state index contributed by atoms with van der Waals surface area (Å²) in [4.78, 5) is 8.91. The molecule has 31 heavy (non-hydrogen) atoms. The highest BCUT2D eigenvalue weighted by Gasteiger charge is 2.45. The molecule has 2 aliphatic rings. The summed E-state index contributed by atoms with van der Waals surface area (Å²) in [6, 6.07) is 10.4. The van der Waals surface area contributed by atoms with Crippen LogP contribution in [0.2, 0.25) is 0 Å². The summed E-state index contributed by atoms with van der Waals surface area (Å²) in [6.45, 7) is -0.125. The maximum absolute atomic E-state index is 11.3. The first-order valence-electron chi connectivity index (χ1n) is 10.4. The van der Waals surface area contributed by atoms with E-state index < -0.39 is 21.9 Å². The highest BCUT2D eigenvalue weighted by molar-refractivity contribution is 7.83. The Kier molecular flexibility index (Phi) is 4.97. The lowest BCUT2D eigenvalue weighted by atomic mass is 9.95. The standard InChI is InChI=1S/C21H25N5O4S/c27-18-6-3-10-21(18,12-24-31(28,29)30)26-11-9-16-19(22-13-23-20(16)26)25-17-8-7-14-4-1-2-5-15(14)17/h1-2,4-5,9,11,13,17-18,24,27H,3,6-8,10,12H2,(H,22,23,25)(H,28,29,30)/t17-,18+,21+/m0/s1. The van der Waals surface area contributed by atoms with E-state index in [1.54, 1.807) is 0 Å². The zero-order valence-electron chi connectivity index (χ0n) is 16.9. The third-order valence-corrected chi connectivity index (χ3v) is 7.18. The monoisotopic (exact) mass is 443 g/mol. The molecule has 2 aromatic heterocycles. The summed E-state index contributed by atoms with van der Waals surface area (Å²) in [5.41, 5.74) is 2.30. The zero-order chi connectivity index (χ0) is 21.6. The van der Waals surface area contributed by atoms with Crippen molar-refractivity contribution in [3.05, 3.63) is 54.0 Å². The van der Waals surface area contributed by atoms with Gasteiger partial charge in [-0.3, -0.25) is 4.55 Å². The molecule has 0 radical (unpaired) electrons. The van der Waals surface area contributed by atoms with Crippen molar-refractivity contribution in [3.8, 4) is 0 Å². The SMILES string of the molecule is O=S(=O)(O)NC[C@]1(n2ccc3c(N[C@H]4CCc5ccccc54)ncnc32)CCC[C@H]1O. The maximum atomic E-state index is 11.3. The smallest absolute Gasteiger partial charge is 0.333 e. The molecule has 2 aliphatic carbocycles. The number of aliphatic hydroxyl groups excluding tert-OH is 1. The Morgan fingerprint density at radius 3 is 2.81 bits per heavy atom. The van der Waals surface area contributed by atoms with Crippen LogP contribution in [-0.2, 0) is 22.3 Å². The van der Waals surface area contributed by atoms with Crippen LogP contribution in [0, 0.1) is 0 Å². The first-order valence-corrected chi connectivity index (χ1v) is 11.9. The predicted octanol–water partition coefficient (Wildman–Crippen LogP) is 2.16. The molecule has 3 atom stereocenters. The largest absolute Gasteiger partial charge is 0.391 e. The fourth-order valence-corrected chi connectivity index (χ4v) is 5.56. The van der Waals surface area contributed by atoms with Crippen LogP contribution in [0.3, 0.4) is 0 Å². The van der Waals surface area contributed by atoms with Crippen molar-refractivity contribution in [2.24, 2.45) is 0 Å². The third kappa shape index (κ3) is 3.59. The van der Waals surface area contributed by atoms with E-state index in [0.717, 1.165) is 24.6 Å². The maximum Gasteiger partial charge on any atom is 0.333 e. The molecule has 3 aromatic rings. The normalized spacial score (nSPS) is 25.7. The molecule has 0 unspecified atom stereocenters. The van der Waals surface area contributed by atoms with E-state index in [-0.39, 0.29) is 12.6 Å². The first-order chi connectivity index (χ1) is 14.9. The molecule has 0 bridgehead atoms. The number of nitrogens with one attached hydrogen (secondary N) is 2. The highest BCUT2D eigenvalue weighted by Crippen LogP contribution is 2.40. The average Bonchev–Trinajstić information content (AvgIpc) is 3.44. The molecular weight excluding hydrogens is 418 g/mol. The second-order valence-electron chi connectivity index (χ2n) is 8.39. The zero-order valence-corrected chi connectivity index (χ0v) is 17.7. The Morgan fingerprint density at radius 1 is 1.19 bits per heavy atom. The number of benzene rings is 1. The van der Waals surface area contributed by atoms with Gasteiger partial charge in [-0.1, -0.05) is 24.3 Å². The van der Waals surface area contributed by atoms with Gasteiger partial charge in [0.25, 0.3) is 0 Å². The topological polar surface area (TPSA) is 129 Å². The number of nitrogens with zero attached hydrogens (tertiary/aromatic N) is 3. The van der Waals surface area contributed by atoms with E-state index in [1.165, 1.54) is 17.5 Å². The van der Waals surface area contributed by atoms with E-state index in [9.17, 15) is 18.1 Å². The van der Waals surface area contributed by atoms with Gasteiger partial charge in [-0.05, 0) is 49.3 Å². The van der Waals surface area contributed by atoms with Crippen molar-refractivity contribution in [1.29, 1.82) is 0 Å². The molecule has 0 aliphatic heterocycles. The fraction of sp³-hybridized carbons (Fsp3) is 0.429. The van der Waals surface area contributed by atoms with Gasteiger partial charge in [-0.2, -0.15) is 13.1 Å². The highest BCUT2D eigenvalue weighted by atomic mass is 32.2.